The second-order valence-electron chi connectivity index (χ2n) is 4.89. The first-order chi connectivity index (χ1) is 11.5. The van der Waals surface area contributed by atoms with Crippen LogP contribution < -0.4 is 10.9 Å². The first kappa shape index (κ1) is 16.3. The van der Waals surface area contributed by atoms with Crippen molar-refractivity contribution in [3.63, 3.8) is 0 Å². The maximum Gasteiger partial charge on any atom is 0.325 e. The fraction of sp³-hybridized carbons (Fsp3) is 0.200. The summed E-state index contributed by atoms with van der Waals surface area (Å²) in [7, 11) is 0. The van der Waals surface area contributed by atoms with Gasteiger partial charge in [0.15, 0.2) is 4.96 Å². The maximum absolute atomic E-state index is 11.8. The molecule has 0 bridgehead atoms. The third-order valence-corrected chi connectivity index (χ3v) is 4.85. The Morgan fingerprint density at radius 2 is 2.21 bits per heavy atom. The molecule has 3 rings (SSSR count). The lowest BCUT2D eigenvalue weighted by Gasteiger charge is -2.05. The number of nitrogens with zero attached hydrogens (tertiary/aromatic N) is 2. The van der Waals surface area contributed by atoms with Crippen molar-refractivity contribution in [2.75, 3.05) is 6.54 Å². The van der Waals surface area contributed by atoms with Crippen LogP contribution in [0.2, 0.25) is 0 Å². The second-order valence-corrected chi connectivity index (χ2v) is 7.06. The number of carbonyl (C=O) groups excluding carboxylic acids is 2. The largest absolute Gasteiger partial charge is 0.458 e. The van der Waals surface area contributed by atoms with Gasteiger partial charge >= 0.3 is 5.97 Å². The number of nitrogens with one attached hydrogen (secondary N) is 1. The van der Waals surface area contributed by atoms with Gasteiger partial charge in [-0.25, -0.2) is 4.98 Å². The highest BCUT2D eigenvalue weighted by Crippen LogP contribution is 2.14. The Hall–Kier alpha value is -2.52. The minimum Gasteiger partial charge on any atom is -0.458 e. The minimum absolute atomic E-state index is 0.115. The van der Waals surface area contributed by atoms with E-state index in [-0.39, 0.29) is 24.6 Å². The Labute approximate surface area is 144 Å². The third-order valence-electron chi connectivity index (χ3n) is 3.09. The summed E-state index contributed by atoms with van der Waals surface area (Å²) >= 11 is 2.67. The zero-order chi connectivity index (χ0) is 17.1. The van der Waals surface area contributed by atoms with E-state index in [1.54, 1.807) is 17.6 Å². The Bertz CT molecular complexity index is 957. The van der Waals surface area contributed by atoms with E-state index in [0.717, 1.165) is 4.88 Å². The summed E-state index contributed by atoms with van der Waals surface area (Å²) in [6.45, 7) is 1.54. The Morgan fingerprint density at radius 1 is 1.38 bits per heavy atom. The van der Waals surface area contributed by atoms with Crippen molar-refractivity contribution in [2.24, 2.45) is 0 Å². The van der Waals surface area contributed by atoms with Crippen molar-refractivity contribution in [3.05, 3.63) is 55.6 Å². The van der Waals surface area contributed by atoms with Gasteiger partial charge in [-0.15, -0.1) is 22.7 Å². The number of fused-ring (bicyclic) bond motifs is 1. The molecule has 0 aliphatic rings. The number of aryl methyl sites for hydroxylation is 1. The fourth-order valence-corrected chi connectivity index (χ4v) is 3.49. The SMILES string of the molecule is Cc1ccc(C(=O)NCC(=O)OCc2cc(=O)n3ccsc3n2)s1. The topological polar surface area (TPSA) is 89.8 Å². The molecule has 0 aliphatic carbocycles. The van der Waals surface area contributed by atoms with Crippen molar-refractivity contribution >= 4 is 39.5 Å². The van der Waals surface area contributed by atoms with Gasteiger partial charge in [-0.3, -0.25) is 18.8 Å². The summed E-state index contributed by atoms with van der Waals surface area (Å²) in [5.74, 6) is -0.911. The van der Waals surface area contributed by atoms with Gasteiger partial charge in [0.05, 0.1) is 10.6 Å². The molecular formula is C15H13N3O4S2. The van der Waals surface area contributed by atoms with Crippen LogP contribution in [-0.2, 0) is 16.1 Å². The zero-order valence-corrected chi connectivity index (χ0v) is 14.3. The minimum atomic E-state index is -0.593. The molecule has 3 aromatic rings. The number of thiazole rings is 1. The standard InChI is InChI=1S/C15H13N3O4S2/c1-9-2-3-11(24-9)14(21)16-7-13(20)22-8-10-6-12(19)18-4-5-23-15(18)17-10/h2-6H,7-8H2,1H3,(H,16,21). The summed E-state index contributed by atoms with van der Waals surface area (Å²) in [6.07, 6.45) is 1.63. The van der Waals surface area contributed by atoms with Gasteiger partial charge in [0.25, 0.3) is 11.5 Å². The van der Waals surface area contributed by atoms with Gasteiger partial charge in [0.2, 0.25) is 0 Å². The van der Waals surface area contributed by atoms with Crippen molar-refractivity contribution in [1.29, 1.82) is 0 Å². The van der Waals surface area contributed by atoms with Crippen LogP contribution in [0.5, 0.6) is 0 Å². The van der Waals surface area contributed by atoms with Gasteiger partial charge in [-0.05, 0) is 19.1 Å². The molecule has 1 amide bonds. The third kappa shape index (κ3) is 3.69. The molecule has 7 nitrogen and oxygen atoms in total. The van der Waals surface area contributed by atoms with Gasteiger partial charge in [0, 0.05) is 22.5 Å². The molecule has 1 N–H and O–H groups in total. The second kappa shape index (κ2) is 6.93. The van der Waals surface area contributed by atoms with E-state index in [1.807, 2.05) is 13.0 Å². The highest BCUT2D eigenvalue weighted by Gasteiger charge is 2.11. The number of esters is 1. The van der Waals surface area contributed by atoms with Gasteiger partial charge < -0.3 is 10.1 Å². The van der Waals surface area contributed by atoms with Crippen LogP contribution in [0.4, 0.5) is 0 Å². The predicted molar refractivity (Wildman–Crippen MR) is 90.5 cm³/mol. The molecule has 124 valence electrons. The molecule has 0 aromatic carbocycles. The monoisotopic (exact) mass is 363 g/mol. The normalized spacial score (nSPS) is 10.7. The molecular weight excluding hydrogens is 350 g/mol. The molecule has 24 heavy (non-hydrogen) atoms. The molecule has 9 heteroatoms. The molecule has 0 fully saturated rings. The van der Waals surface area contributed by atoms with Gasteiger partial charge in [-0.1, -0.05) is 0 Å². The number of carbonyl (C=O) groups is 2. The highest BCUT2D eigenvalue weighted by molar-refractivity contribution is 7.15. The van der Waals surface area contributed by atoms with E-state index in [9.17, 15) is 14.4 Å². The van der Waals surface area contributed by atoms with E-state index in [1.165, 1.54) is 33.1 Å². The smallest absolute Gasteiger partial charge is 0.325 e. The molecule has 3 heterocycles. The Balaban J connectivity index is 1.53. The van der Waals surface area contributed by atoms with Crippen molar-refractivity contribution < 1.29 is 14.3 Å². The van der Waals surface area contributed by atoms with E-state index in [0.29, 0.717) is 15.5 Å². The quantitative estimate of drug-likeness (QED) is 0.696. The number of amides is 1. The lowest BCUT2D eigenvalue weighted by atomic mass is 10.4. The number of hydrogen-bond donors (Lipinski definition) is 1. The van der Waals surface area contributed by atoms with Crippen LogP contribution in [0.25, 0.3) is 4.96 Å². The van der Waals surface area contributed by atoms with Crippen LogP contribution in [0.1, 0.15) is 20.2 Å². The summed E-state index contributed by atoms with van der Waals surface area (Å²) in [4.78, 5) is 41.7. The summed E-state index contributed by atoms with van der Waals surface area (Å²) in [5.41, 5.74) is 0.143. The Morgan fingerprint density at radius 3 is 2.96 bits per heavy atom. The van der Waals surface area contributed by atoms with Crippen LogP contribution in [-0.4, -0.2) is 27.8 Å². The van der Waals surface area contributed by atoms with Crippen LogP contribution in [0.15, 0.2) is 34.6 Å². The zero-order valence-electron chi connectivity index (χ0n) is 12.6. The average molecular weight is 363 g/mol. The number of thiophene rings is 1. The number of ether oxygens (including phenoxy) is 1. The van der Waals surface area contributed by atoms with E-state index < -0.39 is 5.97 Å². The molecule has 0 saturated heterocycles. The summed E-state index contributed by atoms with van der Waals surface area (Å²) in [6, 6.07) is 4.86. The van der Waals surface area contributed by atoms with Crippen molar-refractivity contribution in [3.8, 4) is 0 Å². The van der Waals surface area contributed by atoms with E-state index in [4.69, 9.17) is 4.74 Å². The van der Waals surface area contributed by atoms with Crippen LogP contribution in [0, 0.1) is 6.92 Å². The number of rotatable bonds is 5. The van der Waals surface area contributed by atoms with Crippen molar-refractivity contribution in [2.45, 2.75) is 13.5 Å². The lowest BCUT2D eigenvalue weighted by Crippen LogP contribution is -2.30. The lowest BCUT2D eigenvalue weighted by molar-refractivity contribution is -0.143. The Kier molecular flexibility index (Phi) is 4.72. The fourth-order valence-electron chi connectivity index (χ4n) is 1.96. The van der Waals surface area contributed by atoms with Gasteiger partial charge in [-0.2, -0.15) is 0 Å². The molecule has 0 unspecified atom stereocenters. The molecule has 3 aromatic heterocycles. The van der Waals surface area contributed by atoms with Gasteiger partial charge in [0.1, 0.15) is 13.2 Å². The molecule has 0 radical (unpaired) electrons. The molecule has 0 spiro atoms. The predicted octanol–water partition coefficient (Wildman–Crippen LogP) is 1.60. The van der Waals surface area contributed by atoms with E-state index >= 15 is 0 Å². The van der Waals surface area contributed by atoms with E-state index in [2.05, 4.69) is 10.3 Å². The van der Waals surface area contributed by atoms with Crippen LogP contribution in [0.3, 0.4) is 0 Å². The average Bonchev–Trinajstić information content (AvgIpc) is 3.19. The number of hydrogen-bond acceptors (Lipinski definition) is 7. The number of aromatic nitrogens is 2. The summed E-state index contributed by atoms with van der Waals surface area (Å²) < 4.78 is 6.46. The van der Waals surface area contributed by atoms with Crippen molar-refractivity contribution in [1.82, 2.24) is 14.7 Å². The maximum atomic E-state index is 11.8. The molecule has 0 aliphatic heterocycles. The van der Waals surface area contributed by atoms with Crippen LogP contribution >= 0.6 is 22.7 Å². The highest BCUT2D eigenvalue weighted by atomic mass is 32.1. The first-order valence-electron chi connectivity index (χ1n) is 6.99. The first-order valence-corrected chi connectivity index (χ1v) is 8.68. The summed E-state index contributed by atoms with van der Waals surface area (Å²) in [5, 5.41) is 4.25. The molecule has 0 saturated carbocycles. The molecule has 0 atom stereocenters.